The maximum Gasteiger partial charge on any atom is 0.135 e. The predicted octanol–water partition coefficient (Wildman–Crippen LogP) is 16.7. The lowest BCUT2D eigenvalue weighted by Crippen LogP contribution is -1.92. The molecule has 0 fully saturated rings. The third-order valence-electron chi connectivity index (χ3n) is 12.4. The van der Waals surface area contributed by atoms with Crippen molar-refractivity contribution in [1.29, 1.82) is 0 Å². The van der Waals surface area contributed by atoms with Crippen LogP contribution in [0.15, 0.2) is 241 Å². The number of fused-ring (bicyclic) bond motifs is 6. The summed E-state index contributed by atoms with van der Waals surface area (Å²) in [6.07, 6.45) is 0. The van der Waals surface area contributed by atoms with Crippen molar-refractivity contribution < 1.29 is 4.42 Å². The van der Waals surface area contributed by atoms with Crippen LogP contribution in [0.3, 0.4) is 0 Å². The molecule has 2 heterocycles. The fourth-order valence-electron chi connectivity index (χ4n) is 9.30. The molecule has 0 radical (unpaired) electrons. The third-order valence-corrected chi connectivity index (χ3v) is 12.4. The Morgan fingerprint density at radius 2 is 0.597 bits per heavy atom. The number of rotatable bonds is 7. The summed E-state index contributed by atoms with van der Waals surface area (Å²) < 4.78 is 8.47. The molecule has 2 heteroatoms. The topological polar surface area (TPSA) is 18.1 Å². The molecule has 12 rings (SSSR count). The molecule has 0 aliphatic heterocycles. The summed E-state index contributed by atoms with van der Waals surface area (Å²) >= 11 is 0. The minimum absolute atomic E-state index is 0.913. The molecule has 0 saturated carbocycles. The first-order chi connectivity index (χ1) is 30.7. The molecule has 0 atom stereocenters. The Kier molecular flexibility index (Phi) is 8.53. The first kappa shape index (κ1) is 35.7. The zero-order valence-electron chi connectivity index (χ0n) is 33.9. The Hall–Kier alpha value is -8.20. The minimum atomic E-state index is 0.913. The van der Waals surface area contributed by atoms with Crippen LogP contribution >= 0.6 is 0 Å². The Labute approximate surface area is 360 Å². The fourth-order valence-corrected chi connectivity index (χ4v) is 9.30. The molecule has 0 aliphatic rings. The van der Waals surface area contributed by atoms with Gasteiger partial charge in [0.15, 0.2) is 0 Å². The van der Waals surface area contributed by atoms with Crippen molar-refractivity contribution in [3.63, 3.8) is 0 Å². The molecule has 0 unspecified atom stereocenters. The van der Waals surface area contributed by atoms with Gasteiger partial charge in [-0.3, -0.25) is 0 Å². The maximum absolute atomic E-state index is 6.10. The lowest BCUT2D eigenvalue weighted by molar-refractivity contribution is 0.669. The Morgan fingerprint density at radius 3 is 1.11 bits per heavy atom. The molecule has 0 amide bonds. The summed E-state index contributed by atoms with van der Waals surface area (Å²) in [6, 6.07) is 85.5. The van der Waals surface area contributed by atoms with Crippen LogP contribution in [-0.4, -0.2) is 4.57 Å². The van der Waals surface area contributed by atoms with Crippen LogP contribution in [0.25, 0.3) is 116 Å². The molecule has 0 saturated heterocycles. The maximum atomic E-state index is 6.10. The van der Waals surface area contributed by atoms with E-state index >= 15 is 0 Å². The second-order valence-electron chi connectivity index (χ2n) is 16.1. The molecule has 0 N–H and O–H groups in total. The highest BCUT2D eigenvalue weighted by atomic mass is 16.3. The van der Waals surface area contributed by atoms with Crippen molar-refractivity contribution in [2.45, 2.75) is 0 Å². The average molecular weight is 790 g/mol. The zero-order valence-corrected chi connectivity index (χ0v) is 33.9. The molecule has 290 valence electrons. The molecule has 0 aliphatic carbocycles. The van der Waals surface area contributed by atoms with Gasteiger partial charge in [-0.1, -0.05) is 158 Å². The van der Waals surface area contributed by atoms with Crippen LogP contribution in [0.5, 0.6) is 0 Å². The van der Waals surface area contributed by atoms with Crippen molar-refractivity contribution in [3.05, 3.63) is 237 Å². The molecule has 10 aromatic carbocycles. The third kappa shape index (κ3) is 6.29. The van der Waals surface area contributed by atoms with E-state index in [-0.39, 0.29) is 0 Å². The van der Waals surface area contributed by atoms with Gasteiger partial charge in [-0.05, 0) is 146 Å². The summed E-state index contributed by atoms with van der Waals surface area (Å²) in [5.41, 5.74) is 19.7. The Bertz CT molecular complexity index is 3640. The fraction of sp³-hybridized carbons (Fsp3) is 0. The number of para-hydroxylation sites is 3. The van der Waals surface area contributed by atoms with Gasteiger partial charge in [0.2, 0.25) is 0 Å². The van der Waals surface area contributed by atoms with Gasteiger partial charge in [-0.2, -0.15) is 0 Å². The Morgan fingerprint density at radius 1 is 0.226 bits per heavy atom. The largest absolute Gasteiger partial charge is 0.456 e. The monoisotopic (exact) mass is 789 g/mol. The van der Waals surface area contributed by atoms with Gasteiger partial charge in [0.05, 0.1) is 11.0 Å². The normalized spacial score (nSPS) is 11.5. The summed E-state index contributed by atoms with van der Waals surface area (Å²) in [5, 5.41) is 4.80. The van der Waals surface area contributed by atoms with Crippen LogP contribution in [0.4, 0.5) is 0 Å². The minimum Gasteiger partial charge on any atom is -0.456 e. The van der Waals surface area contributed by atoms with Crippen LogP contribution in [0.2, 0.25) is 0 Å². The van der Waals surface area contributed by atoms with Crippen molar-refractivity contribution in [2.24, 2.45) is 0 Å². The SMILES string of the molecule is c1ccc(-n2c3ccccc3c3cc(-c4cccc(-c5cccc(-c6cccc(-c7cccc(-c8cccc(-c9ccc%10oc%11ccccc%11c%10c9)c8)c7)c6)c5)c4)ccc32)cc1. The van der Waals surface area contributed by atoms with Crippen LogP contribution in [0, 0.1) is 0 Å². The molecule has 12 aromatic rings. The van der Waals surface area contributed by atoms with Gasteiger partial charge in [0, 0.05) is 27.2 Å². The molecule has 62 heavy (non-hydrogen) atoms. The highest BCUT2D eigenvalue weighted by Gasteiger charge is 2.14. The summed E-state index contributed by atoms with van der Waals surface area (Å²) in [7, 11) is 0. The number of furan rings is 1. The van der Waals surface area contributed by atoms with E-state index < -0.39 is 0 Å². The number of aromatic nitrogens is 1. The highest BCUT2D eigenvalue weighted by molar-refractivity contribution is 6.10. The van der Waals surface area contributed by atoms with Crippen LogP contribution in [0.1, 0.15) is 0 Å². The summed E-state index contributed by atoms with van der Waals surface area (Å²) in [6.45, 7) is 0. The average Bonchev–Trinajstić information content (AvgIpc) is 3.90. The van der Waals surface area contributed by atoms with E-state index in [0.717, 1.165) is 21.9 Å². The second-order valence-corrected chi connectivity index (χ2v) is 16.1. The van der Waals surface area contributed by atoms with Gasteiger partial charge in [-0.15, -0.1) is 0 Å². The second kappa shape index (κ2) is 14.8. The summed E-state index contributed by atoms with van der Waals surface area (Å²) in [4.78, 5) is 0. The van der Waals surface area contributed by atoms with Crippen molar-refractivity contribution in [2.75, 3.05) is 0 Å². The van der Waals surface area contributed by atoms with Gasteiger partial charge >= 0.3 is 0 Å². The summed E-state index contributed by atoms with van der Waals surface area (Å²) in [5.74, 6) is 0. The van der Waals surface area contributed by atoms with Gasteiger partial charge < -0.3 is 8.98 Å². The van der Waals surface area contributed by atoms with E-state index in [1.165, 1.54) is 94.3 Å². The molecular formula is C60H39NO. The lowest BCUT2D eigenvalue weighted by Gasteiger charge is -2.11. The Balaban J connectivity index is 0.839. The van der Waals surface area contributed by atoms with E-state index in [1.54, 1.807) is 0 Å². The van der Waals surface area contributed by atoms with E-state index in [1.807, 2.05) is 12.1 Å². The highest BCUT2D eigenvalue weighted by Crippen LogP contribution is 2.38. The number of hydrogen-bond donors (Lipinski definition) is 0. The first-order valence-electron chi connectivity index (χ1n) is 21.2. The van der Waals surface area contributed by atoms with E-state index in [0.29, 0.717) is 0 Å². The molecule has 0 bridgehead atoms. The number of hydrogen-bond acceptors (Lipinski definition) is 1. The molecule has 0 spiro atoms. The lowest BCUT2D eigenvalue weighted by atomic mass is 9.93. The zero-order chi connectivity index (χ0) is 41.0. The van der Waals surface area contributed by atoms with E-state index in [2.05, 4.69) is 229 Å². The standard InChI is InChI=1S/C60H39NO/c1-2-23-52(24-3-1)61-57-27-6-4-25-53(57)55-38-50(29-31-58(55)61)48-21-11-19-46(36-48)44-17-9-15-42(34-44)40-13-8-14-41(33-40)43-16-10-18-45(35-43)47-20-12-22-49(37-47)51-30-32-60-56(39-51)54-26-5-7-28-59(54)62-60/h1-39H. The first-order valence-corrected chi connectivity index (χ1v) is 21.2. The van der Waals surface area contributed by atoms with Crippen LogP contribution < -0.4 is 0 Å². The quantitative estimate of drug-likeness (QED) is 0.157. The van der Waals surface area contributed by atoms with E-state index in [9.17, 15) is 0 Å². The number of benzene rings is 10. The van der Waals surface area contributed by atoms with Crippen LogP contribution in [-0.2, 0) is 0 Å². The predicted molar refractivity (Wildman–Crippen MR) is 261 cm³/mol. The van der Waals surface area contributed by atoms with Crippen molar-refractivity contribution in [1.82, 2.24) is 4.57 Å². The van der Waals surface area contributed by atoms with Gasteiger partial charge in [0.1, 0.15) is 11.2 Å². The van der Waals surface area contributed by atoms with Crippen molar-refractivity contribution >= 4 is 43.7 Å². The van der Waals surface area contributed by atoms with Gasteiger partial charge in [0.25, 0.3) is 0 Å². The van der Waals surface area contributed by atoms with E-state index in [4.69, 9.17) is 4.42 Å². The van der Waals surface area contributed by atoms with Gasteiger partial charge in [-0.25, -0.2) is 0 Å². The smallest absolute Gasteiger partial charge is 0.135 e. The molecule has 2 aromatic heterocycles. The molecular weight excluding hydrogens is 751 g/mol. The molecule has 2 nitrogen and oxygen atoms in total. The van der Waals surface area contributed by atoms with Crippen molar-refractivity contribution in [3.8, 4) is 72.4 Å². The number of nitrogens with zero attached hydrogens (tertiary/aromatic N) is 1.